The lowest BCUT2D eigenvalue weighted by atomic mass is 10.1. The number of ether oxygens (including phenoxy) is 1. The molecular weight excluding hydrogens is 566 g/mol. The molecule has 0 radical (unpaired) electrons. The van der Waals surface area contributed by atoms with E-state index in [9.17, 15) is 18.5 Å². The minimum absolute atomic E-state index is 0.0561. The summed E-state index contributed by atoms with van der Waals surface area (Å²) >= 11 is 0. The van der Waals surface area contributed by atoms with Crippen molar-refractivity contribution in [3.05, 3.63) is 113 Å². The Morgan fingerprint density at radius 3 is 2.28 bits per heavy atom. The van der Waals surface area contributed by atoms with Crippen LogP contribution in [-0.2, 0) is 16.6 Å². The van der Waals surface area contributed by atoms with E-state index < -0.39 is 14.9 Å². The van der Waals surface area contributed by atoms with E-state index in [1.807, 2.05) is 61.5 Å². The third kappa shape index (κ3) is 5.87. The first-order valence-corrected chi connectivity index (χ1v) is 15.5. The third-order valence-corrected chi connectivity index (χ3v) is 9.55. The normalized spacial score (nSPS) is 14.6. The quantitative estimate of drug-likeness (QED) is 0.163. The molecule has 5 aromatic rings. The maximum absolute atomic E-state index is 13.3. The molecule has 1 aliphatic rings. The van der Waals surface area contributed by atoms with Gasteiger partial charge >= 0.3 is 0 Å². The first kappa shape index (κ1) is 28.5. The van der Waals surface area contributed by atoms with E-state index in [2.05, 4.69) is 27.6 Å². The highest BCUT2D eigenvalue weighted by Crippen LogP contribution is 2.30. The van der Waals surface area contributed by atoms with E-state index in [1.54, 1.807) is 0 Å². The van der Waals surface area contributed by atoms with Gasteiger partial charge in [-0.15, -0.1) is 0 Å². The van der Waals surface area contributed by atoms with Crippen LogP contribution >= 0.6 is 0 Å². The van der Waals surface area contributed by atoms with Crippen LogP contribution in [0.15, 0.2) is 102 Å². The van der Waals surface area contributed by atoms with Crippen LogP contribution in [0.1, 0.15) is 12.6 Å². The molecule has 6 rings (SSSR count). The van der Waals surface area contributed by atoms with Crippen molar-refractivity contribution in [1.82, 2.24) is 18.6 Å². The first-order chi connectivity index (χ1) is 20.8. The predicted octanol–water partition coefficient (Wildman–Crippen LogP) is 5.48. The maximum atomic E-state index is 13.3. The Morgan fingerprint density at radius 2 is 1.58 bits per heavy atom. The molecule has 3 aromatic carbocycles. The van der Waals surface area contributed by atoms with Gasteiger partial charge in [-0.3, -0.25) is 15.0 Å². The van der Waals surface area contributed by atoms with Crippen LogP contribution in [0.3, 0.4) is 0 Å². The molecule has 0 atom stereocenters. The van der Waals surface area contributed by atoms with Crippen molar-refractivity contribution in [2.75, 3.05) is 32.8 Å². The summed E-state index contributed by atoms with van der Waals surface area (Å²) in [6.07, 6.45) is 2.10. The topological polar surface area (TPSA) is 110 Å². The van der Waals surface area contributed by atoms with Gasteiger partial charge in [0.1, 0.15) is 11.4 Å². The van der Waals surface area contributed by atoms with Crippen LogP contribution in [0.25, 0.3) is 28.0 Å². The molecule has 0 spiro atoms. The number of hydrogen-bond donors (Lipinski definition) is 0. The van der Waals surface area contributed by atoms with Crippen molar-refractivity contribution in [2.45, 2.75) is 18.4 Å². The number of non-ortho nitro benzene ring substituents is 1. The third-order valence-electron chi connectivity index (χ3n) is 7.63. The van der Waals surface area contributed by atoms with Gasteiger partial charge in [-0.25, -0.2) is 13.4 Å². The molecule has 0 bridgehead atoms. The molecule has 0 aliphatic carbocycles. The van der Waals surface area contributed by atoms with Crippen LogP contribution in [0, 0.1) is 10.1 Å². The average Bonchev–Trinajstić information content (AvgIpc) is 3.39. The Bertz CT molecular complexity index is 1870. The van der Waals surface area contributed by atoms with E-state index in [1.165, 1.54) is 28.6 Å². The largest absolute Gasteiger partial charge is 0.494 e. The van der Waals surface area contributed by atoms with Gasteiger partial charge in [-0.2, -0.15) is 4.31 Å². The van der Waals surface area contributed by atoms with Crippen molar-refractivity contribution in [1.29, 1.82) is 0 Å². The molecule has 2 aromatic heterocycles. The van der Waals surface area contributed by atoms with Gasteiger partial charge in [-0.1, -0.05) is 42.5 Å². The number of aromatic nitrogens is 2. The number of imidazole rings is 1. The second kappa shape index (κ2) is 12.0. The molecule has 10 nitrogen and oxygen atoms in total. The van der Waals surface area contributed by atoms with Crippen LogP contribution in [0.4, 0.5) is 5.69 Å². The molecule has 3 heterocycles. The highest BCUT2D eigenvalue weighted by Gasteiger charge is 2.30. The SMILES string of the molecule is CCOc1cccc(-c2ccc3nc(-c4ccccc4)c(CN4CCN(S(=O)(=O)c5ccc([N+](=O)[O-])cc5)CC4)n3c2)c1. The molecule has 43 heavy (non-hydrogen) atoms. The number of sulfonamides is 1. The summed E-state index contributed by atoms with van der Waals surface area (Å²) < 4.78 is 35.8. The molecule has 1 aliphatic heterocycles. The lowest BCUT2D eigenvalue weighted by Crippen LogP contribution is -2.48. The van der Waals surface area contributed by atoms with Crippen LogP contribution in [-0.4, -0.2) is 64.7 Å². The number of benzene rings is 3. The monoisotopic (exact) mass is 597 g/mol. The van der Waals surface area contributed by atoms with Crippen LogP contribution in [0.5, 0.6) is 5.75 Å². The minimum atomic E-state index is -3.76. The van der Waals surface area contributed by atoms with Crippen LogP contribution < -0.4 is 4.74 Å². The summed E-state index contributed by atoms with van der Waals surface area (Å²) in [4.78, 5) is 17.7. The van der Waals surface area contributed by atoms with Gasteiger partial charge in [0.2, 0.25) is 10.0 Å². The fourth-order valence-corrected chi connectivity index (χ4v) is 6.83. The van der Waals surface area contributed by atoms with Crippen molar-refractivity contribution in [2.24, 2.45) is 0 Å². The van der Waals surface area contributed by atoms with Gasteiger partial charge < -0.3 is 9.14 Å². The Balaban J connectivity index is 1.28. The Labute approximate surface area is 250 Å². The van der Waals surface area contributed by atoms with Gasteiger partial charge in [-0.05, 0) is 54.4 Å². The number of rotatable bonds is 9. The summed E-state index contributed by atoms with van der Waals surface area (Å²) in [5, 5.41) is 11.0. The van der Waals surface area contributed by atoms with Gasteiger partial charge in [0.15, 0.2) is 0 Å². The molecule has 1 saturated heterocycles. The lowest BCUT2D eigenvalue weighted by molar-refractivity contribution is -0.384. The fourth-order valence-electron chi connectivity index (χ4n) is 5.40. The minimum Gasteiger partial charge on any atom is -0.494 e. The van der Waals surface area contributed by atoms with Crippen molar-refractivity contribution < 1.29 is 18.1 Å². The van der Waals surface area contributed by atoms with Gasteiger partial charge in [0.05, 0.1) is 27.8 Å². The molecule has 0 N–H and O–H groups in total. The summed E-state index contributed by atoms with van der Waals surface area (Å²) in [6, 6.07) is 27.2. The Morgan fingerprint density at radius 1 is 0.860 bits per heavy atom. The van der Waals surface area contributed by atoms with Crippen molar-refractivity contribution >= 4 is 21.4 Å². The van der Waals surface area contributed by atoms with Crippen LogP contribution in [0.2, 0.25) is 0 Å². The van der Waals surface area contributed by atoms with Gasteiger partial charge in [0.25, 0.3) is 5.69 Å². The molecule has 1 fully saturated rings. The summed E-state index contributed by atoms with van der Waals surface area (Å²) in [6.45, 7) is 4.83. The lowest BCUT2D eigenvalue weighted by Gasteiger charge is -2.34. The smallest absolute Gasteiger partial charge is 0.269 e. The highest BCUT2D eigenvalue weighted by atomic mass is 32.2. The standard InChI is InChI=1S/C32H31N5O5S/c1-2-42-28-10-6-9-25(21-28)26-11-16-31-33-32(24-7-4-3-5-8-24)30(36(31)22-26)23-34-17-19-35(20-18-34)43(40,41)29-14-12-27(13-15-29)37(38)39/h3-16,21-22H,2,17-20,23H2,1H3. The summed E-state index contributed by atoms with van der Waals surface area (Å²) in [5.41, 5.74) is 5.69. The van der Waals surface area contributed by atoms with E-state index in [-0.39, 0.29) is 10.6 Å². The van der Waals surface area contributed by atoms with E-state index >= 15 is 0 Å². The molecule has 220 valence electrons. The Hall–Kier alpha value is -4.58. The predicted molar refractivity (Wildman–Crippen MR) is 164 cm³/mol. The average molecular weight is 598 g/mol. The summed E-state index contributed by atoms with van der Waals surface area (Å²) in [5.74, 6) is 0.817. The molecule has 0 amide bonds. The van der Waals surface area contributed by atoms with Crippen molar-refractivity contribution in [3.63, 3.8) is 0 Å². The number of nitro groups is 1. The van der Waals surface area contributed by atoms with Gasteiger partial charge in [0, 0.05) is 56.6 Å². The van der Waals surface area contributed by atoms with E-state index in [0.717, 1.165) is 39.5 Å². The molecule has 0 saturated carbocycles. The second-order valence-electron chi connectivity index (χ2n) is 10.3. The fraction of sp³-hybridized carbons (Fsp3) is 0.219. The number of nitro benzene ring substituents is 1. The van der Waals surface area contributed by atoms with E-state index in [0.29, 0.717) is 39.3 Å². The first-order valence-electron chi connectivity index (χ1n) is 14.1. The molecule has 11 heteroatoms. The maximum Gasteiger partial charge on any atom is 0.269 e. The number of piperazine rings is 1. The zero-order chi connectivity index (χ0) is 30.0. The number of hydrogen-bond acceptors (Lipinski definition) is 7. The number of fused-ring (bicyclic) bond motifs is 1. The second-order valence-corrected chi connectivity index (χ2v) is 12.2. The zero-order valence-corrected chi connectivity index (χ0v) is 24.5. The van der Waals surface area contributed by atoms with Crippen molar-refractivity contribution in [3.8, 4) is 28.1 Å². The molecule has 0 unspecified atom stereocenters. The van der Waals surface area contributed by atoms with E-state index in [4.69, 9.17) is 9.72 Å². The molecular formula is C32H31N5O5S. The number of pyridine rings is 1. The number of nitrogens with zero attached hydrogens (tertiary/aromatic N) is 5. The Kier molecular flexibility index (Phi) is 7.94. The highest BCUT2D eigenvalue weighted by molar-refractivity contribution is 7.89. The summed E-state index contributed by atoms with van der Waals surface area (Å²) in [7, 11) is -3.76. The zero-order valence-electron chi connectivity index (χ0n) is 23.7.